The van der Waals surface area contributed by atoms with E-state index in [-0.39, 0.29) is 12.2 Å². The molecular weight excluding hydrogens is 359 g/mol. The molecule has 0 aliphatic heterocycles. The Balaban J connectivity index is 2.36. The minimum atomic E-state index is -5.46. The Kier molecular flexibility index (Phi) is 5.46. The number of sulfone groups is 1. The highest BCUT2D eigenvalue weighted by molar-refractivity contribution is 7.92. The number of hydrogen-bond donors (Lipinski definition) is 1. The zero-order valence-electron chi connectivity index (χ0n) is 13.4. The standard InChI is InChI=1S/C16H16F3NO4S/c1-23-13-8-5-6-11(15(13)24-2)10-20-12-7-3-4-9-14(12)25(21,22)16(17,18)19/h3-9,20H,10H2,1-2H3. The van der Waals surface area contributed by atoms with E-state index in [0.29, 0.717) is 17.1 Å². The van der Waals surface area contributed by atoms with Crippen molar-refractivity contribution in [2.75, 3.05) is 19.5 Å². The first-order valence-corrected chi connectivity index (χ1v) is 8.54. The van der Waals surface area contributed by atoms with Crippen molar-refractivity contribution in [2.24, 2.45) is 0 Å². The fourth-order valence-electron chi connectivity index (χ4n) is 2.26. The highest BCUT2D eigenvalue weighted by Crippen LogP contribution is 2.35. The Bertz CT molecular complexity index is 851. The number of alkyl halides is 3. The summed E-state index contributed by atoms with van der Waals surface area (Å²) in [6.07, 6.45) is 0. The first-order valence-electron chi connectivity index (χ1n) is 7.06. The molecule has 136 valence electrons. The van der Waals surface area contributed by atoms with Crippen LogP contribution in [0.3, 0.4) is 0 Å². The van der Waals surface area contributed by atoms with E-state index in [2.05, 4.69) is 5.32 Å². The van der Waals surface area contributed by atoms with Crippen molar-refractivity contribution in [1.29, 1.82) is 0 Å². The van der Waals surface area contributed by atoms with Crippen molar-refractivity contribution >= 4 is 15.5 Å². The zero-order valence-corrected chi connectivity index (χ0v) is 14.2. The summed E-state index contributed by atoms with van der Waals surface area (Å²) in [5.41, 5.74) is -4.93. The lowest BCUT2D eigenvalue weighted by Gasteiger charge is -2.16. The molecule has 9 heteroatoms. The number of para-hydroxylation sites is 2. The van der Waals surface area contributed by atoms with Gasteiger partial charge in [-0.05, 0) is 18.2 Å². The molecule has 0 unspecified atom stereocenters. The lowest BCUT2D eigenvalue weighted by Crippen LogP contribution is -2.24. The van der Waals surface area contributed by atoms with Crippen LogP contribution in [-0.4, -0.2) is 28.1 Å². The average Bonchev–Trinajstić information content (AvgIpc) is 2.58. The van der Waals surface area contributed by atoms with Gasteiger partial charge in [0.2, 0.25) is 0 Å². The SMILES string of the molecule is COc1cccc(CNc2ccccc2S(=O)(=O)C(F)(F)F)c1OC. The molecule has 2 aromatic rings. The third-order valence-corrected chi connectivity index (χ3v) is 4.98. The van der Waals surface area contributed by atoms with E-state index in [4.69, 9.17) is 9.47 Å². The Morgan fingerprint density at radius 2 is 1.68 bits per heavy atom. The van der Waals surface area contributed by atoms with Crippen LogP contribution in [0.5, 0.6) is 11.5 Å². The number of rotatable bonds is 6. The molecule has 0 saturated heterocycles. The topological polar surface area (TPSA) is 64.6 Å². The summed E-state index contributed by atoms with van der Waals surface area (Å²) in [5, 5.41) is 2.72. The van der Waals surface area contributed by atoms with Gasteiger partial charge in [0.05, 0.1) is 24.8 Å². The number of methoxy groups -OCH3 is 2. The van der Waals surface area contributed by atoms with Crippen molar-refractivity contribution in [3.8, 4) is 11.5 Å². The Labute approximate surface area is 143 Å². The molecule has 0 aromatic heterocycles. The summed E-state index contributed by atoms with van der Waals surface area (Å²) in [5.74, 6) is 0.867. The second kappa shape index (κ2) is 7.22. The number of hydrogen-bond acceptors (Lipinski definition) is 5. The quantitative estimate of drug-likeness (QED) is 0.836. The average molecular weight is 375 g/mol. The maximum Gasteiger partial charge on any atom is 0.501 e. The van der Waals surface area contributed by atoms with Gasteiger partial charge < -0.3 is 14.8 Å². The number of nitrogens with one attached hydrogen (secondary N) is 1. The second-order valence-corrected chi connectivity index (χ2v) is 6.86. The van der Waals surface area contributed by atoms with E-state index in [1.165, 1.54) is 32.4 Å². The number of ether oxygens (including phenoxy) is 2. The van der Waals surface area contributed by atoms with Crippen LogP contribution >= 0.6 is 0 Å². The van der Waals surface area contributed by atoms with Crippen molar-refractivity contribution in [1.82, 2.24) is 0 Å². The molecule has 2 aromatic carbocycles. The number of benzene rings is 2. The third-order valence-electron chi connectivity index (χ3n) is 3.44. The maximum atomic E-state index is 12.8. The summed E-state index contributed by atoms with van der Waals surface area (Å²) >= 11 is 0. The van der Waals surface area contributed by atoms with Crippen molar-refractivity contribution in [2.45, 2.75) is 16.9 Å². The molecule has 1 N–H and O–H groups in total. The smallest absolute Gasteiger partial charge is 0.493 e. The van der Waals surface area contributed by atoms with E-state index in [1.54, 1.807) is 18.2 Å². The first-order chi connectivity index (χ1) is 11.7. The van der Waals surface area contributed by atoms with Gasteiger partial charge in [0.15, 0.2) is 11.5 Å². The summed E-state index contributed by atoms with van der Waals surface area (Å²) in [7, 11) is -2.57. The van der Waals surface area contributed by atoms with E-state index in [9.17, 15) is 21.6 Å². The molecule has 0 saturated carbocycles. The van der Waals surface area contributed by atoms with Gasteiger partial charge >= 0.3 is 5.51 Å². The number of anilines is 1. The van der Waals surface area contributed by atoms with Crippen molar-refractivity contribution in [3.63, 3.8) is 0 Å². The second-order valence-electron chi connectivity index (χ2n) is 4.95. The van der Waals surface area contributed by atoms with E-state index < -0.39 is 20.2 Å². The Hall–Kier alpha value is -2.42. The summed E-state index contributed by atoms with van der Waals surface area (Å²) in [6, 6.07) is 9.91. The number of halogens is 3. The first kappa shape index (κ1) is 18.9. The van der Waals surface area contributed by atoms with Crippen LogP contribution in [0, 0.1) is 0 Å². The molecule has 0 spiro atoms. The maximum absolute atomic E-state index is 12.8. The van der Waals surface area contributed by atoms with Crippen LogP contribution in [0.25, 0.3) is 0 Å². The minimum Gasteiger partial charge on any atom is -0.493 e. The van der Waals surface area contributed by atoms with Gasteiger partial charge in [-0.3, -0.25) is 0 Å². The fourth-order valence-corrected chi connectivity index (χ4v) is 3.19. The molecule has 0 amide bonds. The van der Waals surface area contributed by atoms with Crippen LogP contribution in [0.15, 0.2) is 47.4 Å². The predicted molar refractivity (Wildman–Crippen MR) is 86.6 cm³/mol. The molecule has 25 heavy (non-hydrogen) atoms. The Morgan fingerprint density at radius 3 is 2.28 bits per heavy atom. The monoisotopic (exact) mass is 375 g/mol. The van der Waals surface area contributed by atoms with E-state index in [0.717, 1.165) is 6.07 Å². The molecule has 5 nitrogen and oxygen atoms in total. The van der Waals surface area contributed by atoms with E-state index >= 15 is 0 Å². The van der Waals surface area contributed by atoms with Crippen LogP contribution in [0.2, 0.25) is 0 Å². The van der Waals surface area contributed by atoms with Gasteiger partial charge in [-0.15, -0.1) is 0 Å². The van der Waals surface area contributed by atoms with Gasteiger partial charge in [0.1, 0.15) is 0 Å². The van der Waals surface area contributed by atoms with E-state index in [1.807, 2.05) is 0 Å². The zero-order chi connectivity index (χ0) is 18.7. The third kappa shape index (κ3) is 3.81. The molecule has 0 heterocycles. The normalized spacial score (nSPS) is 11.9. The summed E-state index contributed by atoms with van der Waals surface area (Å²) < 4.78 is 72.3. The highest BCUT2D eigenvalue weighted by Gasteiger charge is 2.47. The molecular formula is C16H16F3NO4S. The van der Waals surface area contributed by atoms with Crippen molar-refractivity contribution < 1.29 is 31.1 Å². The molecule has 0 bridgehead atoms. The molecule has 0 aliphatic rings. The molecule has 0 radical (unpaired) electrons. The lowest BCUT2D eigenvalue weighted by atomic mass is 10.1. The Morgan fingerprint density at radius 1 is 1.00 bits per heavy atom. The molecule has 2 rings (SSSR count). The van der Waals surface area contributed by atoms with Crippen molar-refractivity contribution in [3.05, 3.63) is 48.0 Å². The minimum absolute atomic E-state index is 0.0464. The fraction of sp³-hybridized carbons (Fsp3) is 0.250. The largest absolute Gasteiger partial charge is 0.501 e. The van der Waals surface area contributed by atoms with Gasteiger partial charge in [-0.25, -0.2) is 8.42 Å². The lowest BCUT2D eigenvalue weighted by molar-refractivity contribution is -0.0435. The van der Waals surface area contributed by atoms with Gasteiger partial charge in [0.25, 0.3) is 9.84 Å². The summed E-state index contributed by atoms with van der Waals surface area (Å²) in [6.45, 7) is 0.0464. The summed E-state index contributed by atoms with van der Waals surface area (Å²) in [4.78, 5) is -0.829. The molecule has 0 aliphatic carbocycles. The van der Waals surface area contributed by atoms with Gasteiger partial charge in [-0.1, -0.05) is 24.3 Å². The highest BCUT2D eigenvalue weighted by atomic mass is 32.2. The van der Waals surface area contributed by atoms with Gasteiger partial charge in [-0.2, -0.15) is 13.2 Å². The van der Waals surface area contributed by atoms with Gasteiger partial charge in [0, 0.05) is 12.1 Å². The molecule has 0 atom stereocenters. The van der Waals surface area contributed by atoms with Crippen LogP contribution in [-0.2, 0) is 16.4 Å². The van der Waals surface area contributed by atoms with Crippen LogP contribution in [0.1, 0.15) is 5.56 Å². The van der Waals surface area contributed by atoms with Crippen LogP contribution in [0.4, 0.5) is 18.9 Å². The molecule has 0 fully saturated rings. The predicted octanol–water partition coefficient (Wildman–Crippen LogP) is 3.61. The van der Waals surface area contributed by atoms with Crippen LogP contribution < -0.4 is 14.8 Å².